The number of aromatic carboxylic acids is 1. The number of halogens is 1. The highest BCUT2D eigenvalue weighted by Crippen LogP contribution is 2.14. The first-order valence-electron chi connectivity index (χ1n) is 6.26. The largest absolute Gasteiger partial charge is 0.478 e. The van der Waals surface area contributed by atoms with Gasteiger partial charge in [0.05, 0.1) is 5.56 Å². The molecule has 1 aliphatic heterocycles. The van der Waals surface area contributed by atoms with Gasteiger partial charge in [-0.15, -0.1) is 12.4 Å². The van der Waals surface area contributed by atoms with Gasteiger partial charge < -0.3 is 10.4 Å². The molecule has 2 rings (SSSR count). The fourth-order valence-electron chi connectivity index (χ4n) is 2.39. The quantitative estimate of drug-likeness (QED) is 0.891. The Bertz CT molecular complexity index is 432. The number of piperazine rings is 1. The van der Waals surface area contributed by atoms with Gasteiger partial charge in [-0.1, -0.05) is 12.1 Å². The van der Waals surface area contributed by atoms with E-state index in [0.717, 1.165) is 31.7 Å². The van der Waals surface area contributed by atoms with Gasteiger partial charge in [0.15, 0.2) is 0 Å². The summed E-state index contributed by atoms with van der Waals surface area (Å²) in [6.07, 6.45) is 0. The van der Waals surface area contributed by atoms with Gasteiger partial charge in [0.25, 0.3) is 0 Å². The first-order valence-corrected chi connectivity index (χ1v) is 6.26. The maximum absolute atomic E-state index is 10.8. The smallest absolute Gasteiger partial charge is 0.335 e. The van der Waals surface area contributed by atoms with Gasteiger partial charge in [0.1, 0.15) is 0 Å². The van der Waals surface area contributed by atoms with E-state index in [9.17, 15) is 4.79 Å². The summed E-state index contributed by atoms with van der Waals surface area (Å²) in [5.41, 5.74) is 1.66. The number of carboxylic acid groups (broad SMARTS) is 1. The van der Waals surface area contributed by atoms with Crippen LogP contribution in [0, 0.1) is 0 Å². The molecule has 0 aliphatic carbocycles. The second kappa shape index (κ2) is 6.37. The van der Waals surface area contributed by atoms with Crippen LogP contribution in [0.15, 0.2) is 24.3 Å². The fraction of sp³-hybridized carbons (Fsp3) is 0.500. The van der Waals surface area contributed by atoms with E-state index in [0.29, 0.717) is 5.56 Å². The summed E-state index contributed by atoms with van der Waals surface area (Å²) in [7, 11) is 0. The van der Waals surface area contributed by atoms with Gasteiger partial charge in [-0.25, -0.2) is 4.79 Å². The van der Waals surface area contributed by atoms with Gasteiger partial charge >= 0.3 is 5.97 Å². The second-order valence-corrected chi connectivity index (χ2v) is 5.52. The third-order valence-corrected chi connectivity index (χ3v) is 3.26. The summed E-state index contributed by atoms with van der Waals surface area (Å²) in [6, 6.07) is 7.15. The van der Waals surface area contributed by atoms with Crippen molar-refractivity contribution in [1.29, 1.82) is 0 Å². The highest BCUT2D eigenvalue weighted by atomic mass is 35.5. The summed E-state index contributed by atoms with van der Waals surface area (Å²) < 4.78 is 0. The van der Waals surface area contributed by atoms with E-state index in [1.807, 2.05) is 12.1 Å². The van der Waals surface area contributed by atoms with Crippen molar-refractivity contribution < 1.29 is 9.90 Å². The molecule has 0 aromatic heterocycles. The molecule has 0 unspecified atom stereocenters. The molecule has 0 radical (unpaired) electrons. The molecule has 106 valence electrons. The minimum atomic E-state index is -0.871. The van der Waals surface area contributed by atoms with E-state index in [4.69, 9.17) is 5.11 Å². The van der Waals surface area contributed by atoms with Gasteiger partial charge in [0.2, 0.25) is 0 Å². The van der Waals surface area contributed by atoms with Crippen LogP contribution in [0.2, 0.25) is 0 Å². The molecule has 1 aromatic carbocycles. The van der Waals surface area contributed by atoms with Gasteiger partial charge in [-0.2, -0.15) is 0 Å². The Hall–Kier alpha value is -1.10. The van der Waals surface area contributed by atoms with Crippen molar-refractivity contribution in [3.63, 3.8) is 0 Å². The summed E-state index contributed by atoms with van der Waals surface area (Å²) in [5.74, 6) is -0.871. The highest BCUT2D eigenvalue weighted by molar-refractivity contribution is 5.87. The van der Waals surface area contributed by atoms with E-state index in [1.165, 1.54) is 0 Å². The summed E-state index contributed by atoms with van der Waals surface area (Å²) >= 11 is 0. The number of carbonyl (C=O) groups is 1. The van der Waals surface area contributed by atoms with Crippen molar-refractivity contribution >= 4 is 18.4 Å². The van der Waals surface area contributed by atoms with Gasteiger partial charge in [-0.3, -0.25) is 4.90 Å². The van der Waals surface area contributed by atoms with Crippen molar-refractivity contribution in [2.45, 2.75) is 25.9 Å². The summed E-state index contributed by atoms with van der Waals surface area (Å²) in [5, 5.41) is 12.3. The number of carboxylic acids is 1. The van der Waals surface area contributed by atoms with Crippen LogP contribution >= 0.6 is 12.4 Å². The lowest BCUT2D eigenvalue weighted by molar-refractivity contribution is 0.0697. The lowest BCUT2D eigenvalue weighted by atomic mass is 10.0. The average molecular weight is 285 g/mol. The van der Waals surface area contributed by atoms with Crippen LogP contribution in [0.1, 0.15) is 29.8 Å². The SMILES string of the molecule is CC1(C)CN(Cc2ccc(C(=O)O)cc2)CCN1.Cl. The topological polar surface area (TPSA) is 52.6 Å². The predicted molar refractivity (Wildman–Crippen MR) is 78.0 cm³/mol. The summed E-state index contributed by atoms with van der Waals surface area (Å²) in [6.45, 7) is 8.32. The molecule has 0 bridgehead atoms. The number of benzene rings is 1. The minimum Gasteiger partial charge on any atom is -0.478 e. The van der Waals surface area contributed by atoms with Crippen LogP contribution in [-0.2, 0) is 6.54 Å². The van der Waals surface area contributed by atoms with Crippen molar-refractivity contribution in [3.05, 3.63) is 35.4 Å². The van der Waals surface area contributed by atoms with Crippen molar-refractivity contribution in [2.24, 2.45) is 0 Å². The zero-order chi connectivity index (χ0) is 13.2. The monoisotopic (exact) mass is 284 g/mol. The molecule has 0 saturated carbocycles. The first-order chi connectivity index (χ1) is 8.46. The van der Waals surface area contributed by atoms with Crippen molar-refractivity contribution in [2.75, 3.05) is 19.6 Å². The Morgan fingerprint density at radius 2 is 2.00 bits per heavy atom. The molecule has 0 amide bonds. The molecule has 1 fully saturated rings. The lowest BCUT2D eigenvalue weighted by Crippen LogP contribution is -2.56. The van der Waals surface area contributed by atoms with Crippen LogP contribution in [0.3, 0.4) is 0 Å². The van der Waals surface area contributed by atoms with Crippen LogP contribution in [0.5, 0.6) is 0 Å². The van der Waals surface area contributed by atoms with Gasteiger partial charge in [-0.05, 0) is 31.5 Å². The maximum atomic E-state index is 10.8. The van der Waals surface area contributed by atoms with Crippen LogP contribution in [-0.4, -0.2) is 41.1 Å². The molecule has 1 aliphatic rings. The number of rotatable bonds is 3. The van der Waals surface area contributed by atoms with E-state index < -0.39 is 5.97 Å². The molecule has 1 heterocycles. The van der Waals surface area contributed by atoms with Crippen LogP contribution < -0.4 is 5.32 Å². The third-order valence-electron chi connectivity index (χ3n) is 3.26. The van der Waals surface area contributed by atoms with Crippen molar-refractivity contribution in [1.82, 2.24) is 10.2 Å². The first kappa shape index (κ1) is 16.0. The molecule has 19 heavy (non-hydrogen) atoms. The summed E-state index contributed by atoms with van der Waals surface area (Å²) in [4.78, 5) is 13.2. The van der Waals surface area contributed by atoms with E-state index in [2.05, 4.69) is 24.1 Å². The second-order valence-electron chi connectivity index (χ2n) is 5.52. The zero-order valence-electron chi connectivity index (χ0n) is 11.3. The van der Waals surface area contributed by atoms with Gasteiger partial charge in [0, 0.05) is 31.7 Å². The minimum absolute atomic E-state index is 0. The number of hydrogen-bond acceptors (Lipinski definition) is 3. The highest BCUT2D eigenvalue weighted by Gasteiger charge is 2.25. The van der Waals surface area contributed by atoms with E-state index in [1.54, 1.807) is 12.1 Å². The average Bonchev–Trinajstić information content (AvgIpc) is 2.28. The molecule has 0 spiro atoms. The molecule has 1 saturated heterocycles. The molecule has 2 N–H and O–H groups in total. The molecule has 5 heteroatoms. The molecular weight excluding hydrogens is 264 g/mol. The number of nitrogens with one attached hydrogen (secondary N) is 1. The third kappa shape index (κ3) is 4.49. The standard InChI is InChI=1S/C14H20N2O2.ClH/c1-14(2)10-16(8-7-15-14)9-11-3-5-12(6-4-11)13(17)18;/h3-6,15H,7-10H2,1-2H3,(H,17,18);1H. The van der Waals surface area contributed by atoms with E-state index >= 15 is 0 Å². The zero-order valence-corrected chi connectivity index (χ0v) is 12.2. The van der Waals surface area contributed by atoms with E-state index in [-0.39, 0.29) is 17.9 Å². The normalized spacial score (nSPS) is 18.6. The predicted octanol–water partition coefficient (Wildman–Crippen LogP) is 1.99. The maximum Gasteiger partial charge on any atom is 0.335 e. The molecule has 1 aromatic rings. The number of nitrogens with zero attached hydrogens (tertiary/aromatic N) is 1. The molecular formula is C14H21ClN2O2. The number of hydrogen-bond donors (Lipinski definition) is 2. The van der Waals surface area contributed by atoms with Crippen molar-refractivity contribution in [3.8, 4) is 0 Å². The van der Waals surface area contributed by atoms with Crippen LogP contribution in [0.4, 0.5) is 0 Å². The van der Waals surface area contributed by atoms with Crippen LogP contribution in [0.25, 0.3) is 0 Å². The Balaban J connectivity index is 0.00000180. The Labute approximate surface area is 120 Å². The Kier molecular flexibility index (Phi) is 5.35. The lowest BCUT2D eigenvalue weighted by Gasteiger charge is -2.39. The molecule has 4 nitrogen and oxygen atoms in total. The fourth-order valence-corrected chi connectivity index (χ4v) is 2.39. The molecule has 0 atom stereocenters. The Morgan fingerprint density at radius 1 is 1.37 bits per heavy atom. The Morgan fingerprint density at radius 3 is 2.53 bits per heavy atom.